The first-order valence-electron chi connectivity index (χ1n) is 10.3. The lowest BCUT2D eigenvalue weighted by atomic mass is 10.0. The smallest absolute Gasteiger partial charge is 0.255 e. The van der Waals surface area contributed by atoms with E-state index in [0.717, 1.165) is 0 Å². The summed E-state index contributed by atoms with van der Waals surface area (Å²) < 4.78 is 17.3. The summed E-state index contributed by atoms with van der Waals surface area (Å²) in [6, 6.07) is 5.27. The molecule has 0 radical (unpaired) electrons. The molecule has 1 unspecified atom stereocenters. The molecule has 0 aliphatic carbocycles. The summed E-state index contributed by atoms with van der Waals surface area (Å²) >= 11 is 0. The number of aliphatic hydroxyl groups is 1. The van der Waals surface area contributed by atoms with Gasteiger partial charge in [-0.15, -0.1) is 0 Å². The number of halogens is 1. The Balaban J connectivity index is 1.70. The van der Waals surface area contributed by atoms with Crippen molar-refractivity contribution >= 4 is 22.9 Å². The molecule has 4 heterocycles. The van der Waals surface area contributed by atoms with Gasteiger partial charge in [-0.2, -0.15) is 15.5 Å². The van der Waals surface area contributed by atoms with Crippen molar-refractivity contribution in [1.82, 2.24) is 34.7 Å². The van der Waals surface area contributed by atoms with E-state index in [1.54, 1.807) is 42.5 Å². The van der Waals surface area contributed by atoms with Crippen LogP contribution in [-0.4, -0.2) is 58.7 Å². The number of hydrogen-bond acceptors (Lipinski definition) is 8. The van der Waals surface area contributed by atoms with Gasteiger partial charge in [-0.1, -0.05) is 0 Å². The summed E-state index contributed by atoms with van der Waals surface area (Å²) in [6.07, 6.45) is 6.02. The maximum atomic E-state index is 14.1. The second-order valence-corrected chi connectivity index (χ2v) is 8.24. The van der Waals surface area contributed by atoms with Crippen LogP contribution in [0.3, 0.4) is 0 Å². The Morgan fingerprint density at radius 3 is 2.71 bits per heavy atom. The number of rotatable bonds is 7. The van der Waals surface area contributed by atoms with Crippen LogP contribution in [0.15, 0.2) is 43.1 Å². The average Bonchev–Trinajstić information content (AvgIpc) is 3.41. The molecule has 3 N–H and O–H groups in total. The number of carbonyl (C=O) groups excluding carboxylic acids is 1. The van der Waals surface area contributed by atoms with Crippen LogP contribution in [0.5, 0.6) is 0 Å². The molecule has 0 aliphatic heterocycles. The normalized spacial score (nSPS) is 12.4. The fourth-order valence-corrected chi connectivity index (χ4v) is 3.16. The lowest BCUT2D eigenvalue weighted by Crippen LogP contribution is -2.42. The summed E-state index contributed by atoms with van der Waals surface area (Å²) in [5.74, 6) is -0.563. The molecule has 0 bridgehead atoms. The molecule has 1 atom stereocenters. The third-order valence-corrected chi connectivity index (χ3v) is 5.09. The number of nitriles is 1. The number of aromatic nitrogens is 6. The zero-order valence-electron chi connectivity index (χ0n) is 18.7. The number of nitrogens with zero attached hydrogens (tertiary/aromatic N) is 7. The third-order valence-electron chi connectivity index (χ3n) is 5.09. The van der Waals surface area contributed by atoms with E-state index in [1.807, 2.05) is 6.07 Å². The van der Waals surface area contributed by atoms with Gasteiger partial charge in [0.2, 0.25) is 0 Å². The van der Waals surface area contributed by atoms with Crippen LogP contribution in [0.2, 0.25) is 0 Å². The van der Waals surface area contributed by atoms with Crippen LogP contribution in [0.25, 0.3) is 17.0 Å². The summed E-state index contributed by atoms with van der Waals surface area (Å²) in [5, 5.41) is 32.9. The molecular weight excluding hydrogens is 441 g/mol. The maximum Gasteiger partial charge on any atom is 0.255 e. The number of carbonyl (C=O) groups is 1. The Morgan fingerprint density at radius 2 is 2.03 bits per heavy atom. The molecule has 0 saturated carbocycles. The van der Waals surface area contributed by atoms with E-state index in [9.17, 15) is 14.3 Å². The first-order chi connectivity index (χ1) is 16.2. The van der Waals surface area contributed by atoms with Gasteiger partial charge < -0.3 is 15.7 Å². The molecule has 0 saturated heterocycles. The quantitative estimate of drug-likeness (QED) is 0.377. The molecule has 4 aromatic heterocycles. The first kappa shape index (κ1) is 22.8. The Morgan fingerprint density at radius 1 is 1.24 bits per heavy atom. The Bertz CT molecular complexity index is 1400. The number of aryl methyl sites for hydroxylation is 1. The van der Waals surface area contributed by atoms with E-state index in [4.69, 9.17) is 5.26 Å². The van der Waals surface area contributed by atoms with Gasteiger partial charge in [0, 0.05) is 25.5 Å². The molecule has 12 heteroatoms. The molecule has 0 aliphatic rings. The van der Waals surface area contributed by atoms with Crippen LogP contribution in [0, 0.1) is 11.3 Å². The van der Waals surface area contributed by atoms with E-state index in [-0.39, 0.29) is 12.1 Å². The molecule has 4 aromatic rings. The predicted molar refractivity (Wildman–Crippen MR) is 121 cm³/mol. The minimum Gasteiger partial charge on any atom is -0.387 e. The van der Waals surface area contributed by atoms with Crippen molar-refractivity contribution in [3.8, 4) is 17.5 Å². The number of alkyl halides is 1. The summed E-state index contributed by atoms with van der Waals surface area (Å²) in [4.78, 5) is 21.5. The minimum absolute atomic E-state index is 0.170. The highest BCUT2D eigenvalue weighted by Crippen LogP contribution is 2.27. The van der Waals surface area contributed by atoms with Crippen LogP contribution in [0.4, 0.5) is 15.8 Å². The molecule has 11 nitrogen and oxygen atoms in total. The number of hydrogen-bond donors (Lipinski definition) is 3. The monoisotopic (exact) mass is 463 g/mol. The van der Waals surface area contributed by atoms with E-state index in [0.29, 0.717) is 34.0 Å². The minimum atomic E-state index is -1.65. The van der Waals surface area contributed by atoms with E-state index < -0.39 is 17.7 Å². The zero-order chi connectivity index (χ0) is 24.5. The Kier molecular flexibility index (Phi) is 5.95. The molecule has 0 fully saturated rings. The van der Waals surface area contributed by atoms with Crippen molar-refractivity contribution in [3.63, 3.8) is 0 Å². The zero-order valence-corrected chi connectivity index (χ0v) is 18.7. The van der Waals surface area contributed by atoms with Gasteiger partial charge in [-0.05, 0) is 19.9 Å². The van der Waals surface area contributed by atoms with Crippen LogP contribution < -0.4 is 10.6 Å². The van der Waals surface area contributed by atoms with E-state index in [2.05, 4.69) is 30.8 Å². The summed E-state index contributed by atoms with van der Waals surface area (Å²) in [7, 11) is 1.76. The van der Waals surface area contributed by atoms with Crippen molar-refractivity contribution in [1.29, 1.82) is 5.26 Å². The van der Waals surface area contributed by atoms with Gasteiger partial charge >= 0.3 is 0 Å². The van der Waals surface area contributed by atoms with Gasteiger partial charge in [-0.3, -0.25) is 14.5 Å². The van der Waals surface area contributed by atoms with Gasteiger partial charge in [0.15, 0.2) is 5.65 Å². The lowest BCUT2D eigenvalue weighted by molar-refractivity contribution is -0.00177. The van der Waals surface area contributed by atoms with E-state index >= 15 is 0 Å². The summed E-state index contributed by atoms with van der Waals surface area (Å²) in [6.45, 7) is 2.30. The molecule has 34 heavy (non-hydrogen) atoms. The molecule has 4 rings (SSSR count). The van der Waals surface area contributed by atoms with Crippen molar-refractivity contribution in [2.75, 3.05) is 11.9 Å². The van der Waals surface area contributed by atoms with Crippen molar-refractivity contribution < 1.29 is 14.3 Å². The predicted octanol–water partition coefficient (Wildman–Crippen LogP) is 1.98. The second kappa shape index (κ2) is 8.87. The highest BCUT2D eigenvalue weighted by Gasteiger charge is 2.27. The molecular formula is C22H22FN9O2. The highest BCUT2D eigenvalue weighted by molar-refractivity contribution is 6.00. The number of imidazole rings is 1. The van der Waals surface area contributed by atoms with Gasteiger partial charge in [0.1, 0.15) is 17.9 Å². The van der Waals surface area contributed by atoms with Gasteiger partial charge in [-0.25, -0.2) is 13.9 Å². The van der Waals surface area contributed by atoms with E-state index in [1.165, 1.54) is 30.8 Å². The lowest BCUT2D eigenvalue weighted by Gasteiger charge is -2.22. The Hall–Kier alpha value is -4.37. The Labute approximate surface area is 193 Å². The first-order valence-corrected chi connectivity index (χ1v) is 10.3. The SMILES string of the molecule is Cn1cc(Nc2cc(-c3cnc4cc(C#N)cnn34)ncc2C(=O)NCC(F)C(C)(C)O)cn1. The summed E-state index contributed by atoms with van der Waals surface area (Å²) in [5.41, 5.74) is 1.47. The standard InChI is InChI=1S/C22H22FN9O2/c1-22(2,34)19(23)11-27-21(33)15-9-25-17(5-16(15)30-14-8-28-31(3)12-14)18-10-26-20-4-13(6-24)7-29-32(18)20/h4-5,7-10,12,19,34H,11H2,1-3H3,(H,25,30)(H,27,33). The molecule has 0 aromatic carbocycles. The molecule has 0 spiro atoms. The van der Waals surface area contributed by atoms with Crippen molar-refractivity contribution in [2.24, 2.45) is 7.05 Å². The number of amides is 1. The number of anilines is 2. The number of nitrogens with one attached hydrogen (secondary N) is 2. The maximum absolute atomic E-state index is 14.1. The van der Waals surface area contributed by atoms with Crippen LogP contribution in [0.1, 0.15) is 29.8 Å². The van der Waals surface area contributed by atoms with Gasteiger partial charge in [0.05, 0.1) is 58.9 Å². The topological polar surface area (TPSA) is 146 Å². The van der Waals surface area contributed by atoms with Crippen LogP contribution >= 0.6 is 0 Å². The highest BCUT2D eigenvalue weighted by atomic mass is 19.1. The second-order valence-electron chi connectivity index (χ2n) is 8.24. The van der Waals surface area contributed by atoms with Crippen molar-refractivity contribution in [3.05, 3.63) is 54.2 Å². The third kappa shape index (κ3) is 4.69. The fraction of sp³-hybridized carbons (Fsp3) is 0.273. The number of fused-ring (bicyclic) bond motifs is 1. The fourth-order valence-electron chi connectivity index (χ4n) is 3.16. The van der Waals surface area contributed by atoms with Gasteiger partial charge in [0.25, 0.3) is 5.91 Å². The molecule has 1 amide bonds. The average molecular weight is 463 g/mol. The largest absolute Gasteiger partial charge is 0.387 e. The van der Waals surface area contributed by atoms with Crippen LogP contribution in [-0.2, 0) is 7.05 Å². The van der Waals surface area contributed by atoms with Crippen molar-refractivity contribution in [2.45, 2.75) is 25.6 Å². The molecule has 174 valence electrons. The number of pyridine rings is 1.